The van der Waals surface area contributed by atoms with Crippen LogP contribution in [-0.2, 0) is 19.6 Å². The molecule has 0 aliphatic rings. The topological polar surface area (TPSA) is 72.9 Å². The van der Waals surface area contributed by atoms with E-state index in [1.807, 2.05) is 0 Å². The number of sulfonamides is 1. The van der Waals surface area contributed by atoms with Crippen molar-refractivity contribution in [1.29, 1.82) is 0 Å². The molecule has 0 bridgehead atoms. The largest absolute Gasteiger partial charge is 0.481 e. The van der Waals surface area contributed by atoms with Crippen molar-refractivity contribution in [1.82, 2.24) is 4.31 Å². The number of ether oxygens (including phenoxy) is 2. The molecule has 0 aromatic heterocycles. The van der Waals surface area contributed by atoms with E-state index in [4.69, 9.17) is 9.47 Å². The summed E-state index contributed by atoms with van der Waals surface area (Å²) in [5, 5.41) is 0. The zero-order valence-corrected chi connectivity index (χ0v) is 16.2. The third-order valence-electron chi connectivity index (χ3n) is 3.89. The molecule has 0 aliphatic heterocycles. The molecule has 6 nitrogen and oxygen atoms in total. The molecule has 0 fully saturated rings. The van der Waals surface area contributed by atoms with Crippen LogP contribution in [-0.4, -0.2) is 39.5 Å². The van der Waals surface area contributed by atoms with Gasteiger partial charge in [0.2, 0.25) is 10.0 Å². The predicted octanol–water partition coefficient (Wildman–Crippen LogP) is 2.62. The summed E-state index contributed by atoms with van der Waals surface area (Å²) in [5.74, 6) is 5.32. The second kappa shape index (κ2) is 9.21. The van der Waals surface area contributed by atoms with E-state index in [0.29, 0.717) is 11.3 Å². The molecular weight excluding hydrogens is 366 g/mol. The first-order chi connectivity index (χ1) is 12.9. The average Bonchev–Trinajstić information content (AvgIpc) is 2.69. The Morgan fingerprint density at radius 1 is 1.11 bits per heavy atom. The van der Waals surface area contributed by atoms with Crippen LogP contribution in [0, 0.1) is 11.8 Å². The predicted molar refractivity (Wildman–Crippen MR) is 102 cm³/mol. The minimum Gasteiger partial charge on any atom is -0.481 e. The van der Waals surface area contributed by atoms with Crippen LogP contribution in [0.3, 0.4) is 0 Å². The molecule has 2 aromatic rings. The van der Waals surface area contributed by atoms with Gasteiger partial charge < -0.3 is 9.47 Å². The van der Waals surface area contributed by atoms with Crippen molar-refractivity contribution >= 4 is 16.0 Å². The maximum absolute atomic E-state index is 13.0. The molecular formula is C20H21NO5S. The van der Waals surface area contributed by atoms with Crippen molar-refractivity contribution in [2.24, 2.45) is 0 Å². The number of likely N-dealkylation sites (N-methyl/N-ethyl adjacent to an activating group) is 1. The Labute approximate surface area is 159 Å². The number of rotatable bonds is 7. The van der Waals surface area contributed by atoms with Gasteiger partial charge in [0.1, 0.15) is 18.4 Å². The van der Waals surface area contributed by atoms with Crippen LogP contribution < -0.4 is 4.74 Å². The number of esters is 1. The highest BCUT2D eigenvalue weighted by molar-refractivity contribution is 7.89. The molecule has 0 radical (unpaired) electrons. The summed E-state index contributed by atoms with van der Waals surface area (Å²) in [6.45, 7) is 1.93. The lowest BCUT2D eigenvalue weighted by atomic mass is 10.1. The monoisotopic (exact) mass is 387 g/mol. The molecule has 1 unspecified atom stereocenters. The van der Waals surface area contributed by atoms with Crippen molar-refractivity contribution in [3.63, 3.8) is 0 Å². The minimum atomic E-state index is -3.93. The number of nitrogens with zero attached hydrogens (tertiary/aromatic N) is 1. The van der Waals surface area contributed by atoms with Crippen LogP contribution in [0.2, 0.25) is 0 Å². The summed E-state index contributed by atoms with van der Waals surface area (Å²) < 4.78 is 37.2. The fourth-order valence-corrected chi connectivity index (χ4v) is 3.74. The van der Waals surface area contributed by atoms with Crippen LogP contribution in [0.15, 0.2) is 59.5 Å². The van der Waals surface area contributed by atoms with Gasteiger partial charge in [0, 0.05) is 7.05 Å². The summed E-state index contributed by atoms with van der Waals surface area (Å²) in [5.41, 5.74) is 0.522. The molecule has 2 aromatic carbocycles. The lowest BCUT2D eigenvalue weighted by Gasteiger charge is -2.25. The lowest BCUT2D eigenvalue weighted by molar-refractivity contribution is -0.145. The first kappa shape index (κ1) is 20.5. The van der Waals surface area contributed by atoms with Gasteiger partial charge in [0.15, 0.2) is 0 Å². The van der Waals surface area contributed by atoms with E-state index in [1.54, 1.807) is 49.4 Å². The Morgan fingerprint density at radius 3 is 2.30 bits per heavy atom. The van der Waals surface area contributed by atoms with Crippen LogP contribution >= 0.6 is 0 Å². The Morgan fingerprint density at radius 2 is 1.74 bits per heavy atom. The minimum absolute atomic E-state index is 0.0451. The number of hydrogen-bond acceptors (Lipinski definition) is 5. The molecule has 0 aliphatic carbocycles. The summed E-state index contributed by atoms with van der Waals surface area (Å²) in [4.78, 5) is 12.3. The van der Waals surface area contributed by atoms with E-state index in [9.17, 15) is 13.2 Å². The van der Waals surface area contributed by atoms with Crippen molar-refractivity contribution < 1.29 is 22.7 Å². The van der Waals surface area contributed by atoms with Crippen LogP contribution in [0.4, 0.5) is 0 Å². The highest BCUT2D eigenvalue weighted by Gasteiger charge is 2.34. The Kier molecular flexibility index (Phi) is 6.99. The normalized spacial score (nSPS) is 12.0. The third kappa shape index (κ3) is 4.88. The SMILES string of the molecule is CC#CCOc1ccc(S(=O)(=O)N(C)C(C(=O)OC)c2ccccc2)cc1. The molecule has 1 atom stereocenters. The maximum atomic E-state index is 13.0. The molecule has 2 rings (SSSR count). The number of carbonyl (C=O) groups is 1. The summed E-state index contributed by atoms with van der Waals surface area (Å²) in [6, 6.07) is 13.5. The standard InChI is InChI=1S/C20H21NO5S/c1-4-5-15-26-17-11-13-18(14-12-17)27(23,24)21(2)19(20(22)25-3)16-9-7-6-8-10-16/h6-14,19H,15H2,1-3H3. The smallest absolute Gasteiger partial charge is 0.328 e. The van der Waals surface area contributed by atoms with Crippen LogP contribution in [0.25, 0.3) is 0 Å². The summed E-state index contributed by atoms with van der Waals surface area (Å²) in [6.07, 6.45) is 0. The third-order valence-corrected chi connectivity index (χ3v) is 5.73. The Balaban J connectivity index is 2.32. The van der Waals surface area contributed by atoms with Gasteiger partial charge in [-0.3, -0.25) is 0 Å². The molecule has 142 valence electrons. The lowest BCUT2D eigenvalue weighted by Crippen LogP contribution is -2.36. The first-order valence-corrected chi connectivity index (χ1v) is 9.59. The van der Waals surface area contributed by atoms with Gasteiger partial charge in [0.05, 0.1) is 12.0 Å². The van der Waals surface area contributed by atoms with Crippen LogP contribution in [0.1, 0.15) is 18.5 Å². The van der Waals surface area contributed by atoms with Gasteiger partial charge in [0.25, 0.3) is 0 Å². The van der Waals surface area contributed by atoms with Gasteiger partial charge in [-0.25, -0.2) is 13.2 Å². The zero-order chi connectivity index (χ0) is 19.9. The van der Waals surface area contributed by atoms with E-state index in [-0.39, 0.29) is 11.5 Å². The van der Waals surface area contributed by atoms with Gasteiger partial charge in [-0.15, -0.1) is 5.92 Å². The van der Waals surface area contributed by atoms with Gasteiger partial charge in [-0.2, -0.15) is 4.31 Å². The Bertz CT molecular complexity index is 928. The zero-order valence-electron chi connectivity index (χ0n) is 15.4. The second-order valence-electron chi connectivity index (χ2n) is 5.54. The number of benzene rings is 2. The highest BCUT2D eigenvalue weighted by atomic mass is 32.2. The van der Waals surface area contributed by atoms with Crippen molar-refractivity contribution in [2.45, 2.75) is 17.9 Å². The van der Waals surface area contributed by atoms with Gasteiger partial charge >= 0.3 is 5.97 Å². The number of hydrogen-bond donors (Lipinski definition) is 0. The molecule has 0 amide bonds. The molecule has 27 heavy (non-hydrogen) atoms. The van der Waals surface area contributed by atoms with Crippen molar-refractivity contribution in [2.75, 3.05) is 20.8 Å². The number of carbonyl (C=O) groups excluding carboxylic acids is 1. The van der Waals surface area contributed by atoms with Crippen molar-refractivity contribution in [3.05, 3.63) is 60.2 Å². The second-order valence-corrected chi connectivity index (χ2v) is 7.54. The first-order valence-electron chi connectivity index (χ1n) is 8.15. The molecule has 0 saturated carbocycles. The number of methoxy groups -OCH3 is 1. The molecule has 0 spiro atoms. The quantitative estimate of drug-likeness (QED) is 0.539. The summed E-state index contributed by atoms with van der Waals surface area (Å²) >= 11 is 0. The van der Waals surface area contributed by atoms with E-state index in [1.165, 1.54) is 26.3 Å². The van der Waals surface area contributed by atoms with E-state index >= 15 is 0 Å². The van der Waals surface area contributed by atoms with Gasteiger partial charge in [-0.05, 0) is 36.8 Å². The van der Waals surface area contributed by atoms with E-state index < -0.39 is 22.0 Å². The fraction of sp³-hybridized carbons (Fsp3) is 0.250. The van der Waals surface area contributed by atoms with Crippen molar-refractivity contribution in [3.8, 4) is 17.6 Å². The Hall–Kier alpha value is -2.82. The molecule has 0 heterocycles. The average molecular weight is 387 g/mol. The molecule has 0 N–H and O–H groups in total. The highest BCUT2D eigenvalue weighted by Crippen LogP contribution is 2.28. The maximum Gasteiger partial charge on any atom is 0.328 e. The molecule has 7 heteroatoms. The van der Waals surface area contributed by atoms with E-state index in [0.717, 1.165) is 4.31 Å². The van der Waals surface area contributed by atoms with E-state index in [2.05, 4.69) is 11.8 Å². The fourth-order valence-electron chi connectivity index (χ4n) is 2.45. The summed E-state index contributed by atoms with van der Waals surface area (Å²) in [7, 11) is -1.36. The van der Waals surface area contributed by atoms with Crippen LogP contribution in [0.5, 0.6) is 5.75 Å². The molecule has 0 saturated heterocycles. The van der Waals surface area contributed by atoms with Gasteiger partial charge in [-0.1, -0.05) is 36.3 Å².